The predicted octanol–water partition coefficient (Wildman–Crippen LogP) is -0.836. The molecule has 2 aliphatic rings. The molecular formula is C12H15INO-. The second-order valence-corrected chi connectivity index (χ2v) is 6.32. The van der Waals surface area contributed by atoms with Gasteiger partial charge >= 0.3 is 101 Å². The van der Waals surface area contributed by atoms with Crippen LogP contribution in [-0.2, 0) is 8.48 Å². The molecule has 0 aliphatic carbocycles. The molecule has 2 nitrogen and oxygen atoms in total. The standard InChI is InChI=1S/C12H15INO/c1-2-4-11-10(3-1)12(5-7-14-11)6-8-15-13-9-12/h1-4,14H,5-9H2/q-1. The molecule has 3 rings (SSSR count). The van der Waals surface area contributed by atoms with Crippen molar-refractivity contribution < 1.29 is 24.7 Å². The van der Waals surface area contributed by atoms with Crippen molar-refractivity contribution in [3.63, 3.8) is 0 Å². The van der Waals surface area contributed by atoms with Crippen LogP contribution in [0.3, 0.4) is 0 Å². The molecule has 82 valence electrons. The van der Waals surface area contributed by atoms with Crippen molar-refractivity contribution in [1.82, 2.24) is 0 Å². The van der Waals surface area contributed by atoms with Crippen molar-refractivity contribution in [2.45, 2.75) is 18.3 Å². The van der Waals surface area contributed by atoms with E-state index in [2.05, 4.69) is 29.6 Å². The Kier molecular flexibility index (Phi) is 2.60. The van der Waals surface area contributed by atoms with E-state index in [-0.39, 0.29) is 21.6 Å². The molecular weight excluding hydrogens is 301 g/mol. The van der Waals surface area contributed by atoms with Crippen molar-refractivity contribution in [1.29, 1.82) is 0 Å². The zero-order valence-electron chi connectivity index (χ0n) is 8.63. The summed E-state index contributed by atoms with van der Waals surface area (Å²) in [7, 11) is 0. The van der Waals surface area contributed by atoms with E-state index < -0.39 is 0 Å². The first-order valence-electron chi connectivity index (χ1n) is 5.45. The van der Waals surface area contributed by atoms with Gasteiger partial charge in [0.1, 0.15) is 0 Å². The molecule has 2 heterocycles. The van der Waals surface area contributed by atoms with E-state index in [9.17, 15) is 0 Å². The van der Waals surface area contributed by atoms with Crippen LogP contribution in [0.15, 0.2) is 24.3 Å². The summed E-state index contributed by atoms with van der Waals surface area (Å²) >= 11 is -0.0138. The van der Waals surface area contributed by atoms with Gasteiger partial charge in [0.15, 0.2) is 0 Å². The van der Waals surface area contributed by atoms with Crippen molar-refractivity contribution in [3.05, 3.63) is 29.8 Å². The normalized spacial score (nSPS) is 30.1. The van der Waals surface area contributed by atoms with E-state index in [1.807, 2.05) is 0 Å². The van der Waals surface area contributed by atoms with Gasteiger partial charge in [-0.15, -0.1) is 0 Å². The molecule has 1 aromatic carbocycles. The van der Waals surface area contributed by atoms with E-state index in [4.69, 9.17) is 3.07 Å². The van der Waals surface area contributed by atoms with Crippen LogP contribution in [-0.4, -0.2) is 17.6 Å². The molecule has 1 aromatic rings. The number of benzene rings is 1. The second kappa shape index (κ2) is 3.94. The molecule has 0 bridgehead atoms. The monoisotopic (exact) mass is 316 g/mol. The van der Waals surface area contributed by atoms with Crippen molar-refractivity contribution >= 4 is 5.69 Å². The van der Waals surface area contributed by atoms with Crippen LogP contribution < -0.4 is 26.9 Å². The number of alkyl halides is 1. The summed E-state index contributed by atoms with van der Waals surface area (Å²) in [5, 5.41) is 3.51. The molecule has 0 amide bonds. The third kappa shape index (κ3) is 1.65. The van der Waals surface area contributed by atoms with Gasteiger partial charge in [-0.05, 0) is 0 Å². The van der Waals surface area contributed by atoms with E-state index in [0.717, 1.165) is 13.2 Å². The van der Waals surface area contributed by atoms with Gasteiger partial charge in [-0.2, -0.15) is 0 Å². The van der Waals surface area contributed by atoms with Gasteiger partial charge in [0.05, 0.1) is 0 Å². The summed E-state index contributed by atoms with van der Waals surface area (Å²) in [6.07, 6.45) is 2.50. The number of hydrogen-bond donors (Lipinski definition) is 1. The fourth-order valence-electron chi connectivity index (χ4n) is 2.57. The van der Waals surface area contributed by atoms with Crippen LogP contribution >= 0.6 is 0 Å². The molecule has 1 atom stereocenters. The first-order valence-corrected chi connectivity index (χ1v) is 7.86. The molecule has 0 saturated carbocycles. The van der Waals surface area contributed by atoms with Crippen molar-refractivity contribution in [3.8, 4) is 0 Å². The van der Waals surface area contributed by atoms with Crippen LogP contribution in [0, 0.1) is 0 Å². The number of para-hydroxylation sites is 1. The van der Waals surface area contributed by atoms with Crippen LogP contribution in [0.4, 0.5) is 5.69 Å². The summed E-state index contributed by atoms with van der Waals surface area (Å²) in [6, 6.07) is 8.81. The van der Waals surface area contributed by atoms with Gasteiger partial charge < -0.3 is 0 Å². The third-order valence-electron chi connectivity index (χ3n) is 3.46. The Hall–Kier alpha value is -0.290. The van der Waals surface area contributed by atoms with Gasteiger partial charge in [-0.3, -0.25) is 0 Å². The first-order chi connectivity index (χ1) is 7.41. The minimum absolute atomic E-state index is 0.0138. The zero-order valence-corrected chi connectivity index (χ0v) is 10.8. The average molecular weight is 316 g/mol. The Balaban J connectivity index is 2.04. The molecule has 1 saturated heterocycles. The van der Waals surface area contributed by atoms with E-state index in [0.29, 0.717) is 5.41 Å². The molecule has 1 spiro atoms. The van der Waals surface area contributed by atoms with E-state index >= 15 is 0 Å². The number of rotatable bonds is 0. The summed E-state index contributed by atoms with van der Waals surface area (Å²) < 4.78 is 6.90. The van der Waals surface area contributed by atoms with Gasteiger partial charge in [0, 0.05) is 0 Å². The number of nitrogens with one attached hydrogen (secondary N) is 1. The molecule has 3 heteroatoms. The van der Waals surface area contributed by atoms with E-state index in [1.165, 1.54) is 23.0 Å². The third-order valence-corrected chi connectivity index (χ3v) is 6.12. The number of fused-ring (bicyclic) bond motifs is 2. The molecule has 1 N–H and O–H groups in total. The van der Waals surface area contributed by atoms with Crippen LogP contribution in [0.1, 0.15) is 18.4 Å². The number of halogens is 1. The summed E-state index contributed by atoms with van der Waals surface area (Å²) in [4.78, 5) is 0. The van der Waals surface area contributed by atoms with Crippen LogP contribution in [0.5, 0.6) is 0 Å². The van der Waals surface area contributed by atoms with Crippen LogP contribution in [0.25, 0.3) is 0 Å². The minimum atomic E-state index is -0.0138. The van der Waals surface area contributed by atoms with Crippen molar-refractivity contribution in [2.75, 3.05) is 22.9 Å². The maximum absolute atomic E-state index is 5.60. The number of hydrogen-bond acceptors (Lipinski definition) is 2. The maximum atomic E-state index is 5.60. The van der Waals surface area contributed by atoms with Gasteiger partial charge in [0.25, 0.3) is 0 Å². The van der Waals surface area contributed by atoms with Gasteiger partial charge in [0.2, 0.25) is 0 Å². The molecule has 2 aliphatic heterocycles. The molecule has 1 fully saturated rings. The Morgan fingerprint density at radius 3 is 3.07 bits per heavy atom. The fraction of sp³-hybridized carbons (Fsp3) is 0.500. The molecule has 15 heavy (non-hydrogen) atoms. The quantitative estimate of drug-likeness (QED) is 0.498. The number of anilines is 1. The average Bonchev–Trinajstić information content (AvgIpc) is 2.31. The zero-order chi connectivity index (χ0) is 10.1. The van der Waals surface area contributed by atoms with Gasteiger partial charge in [-0.1, -0.05) is 0 Å². The Bertz CT molecular complexity index is 360. The second-order valence-electron chi connectivity index (χ2n) is 4.31. The Labute approximate surface area is 101 Å². The summed E-state index contributed by atoms with van der Waals surface area (Å²) in [5.41, 5.74) is 3.35. The molecule has 0 aromatic heterocycles. The van der Waals surface area contributed by atoms with Gasteiger partial charge in [-0.25, -0.2) is 0 Å². The SMILES string of the molecule is c1ccc2c(c1)NCCC21CCO[I-]C1. The Morgan fingerprint density at radius 1 is 1.27 bits per heavy atom. The molecule has 1 unspecified atom stereocenters. The molecule has 0 radical (unpaired) electrons. The first kappa shape index (κ1) is 9.90. The van der Waals surface area contributed by atoms with Crippen LogP contribution in [0.2, 0.25) is 0 Å². The van der Waals surface area contributed by atoms with E-state index in [1.54, 1.807) is 5.56 Å². The summed E-state index contributed by atoms with van der Waals surface area (Å²) in [6.45, 7) is 2.10. The topological polar surface area (TPSA) is 21.3 Å². The Morgan fingerprint density at radius 2 is 2.20 bits per heavy atom. The predicted molar refractivity (Wildman–Crippen MR) is 56.7 cm³/mol. The van der Waals surface area contributed by atoms with Crippen molar-refractivity contribution in [2.24, 2.45) is 0 Å². The summed E-state index contributed by atoms with van der Waals surface area (Å²) in [5.74, 6) is 0. The fourth-order valence-corrected chi connectivity index (χ4v) is 5.09.